The number of ketones is 1. The van der Waals surface area contributed by atoms with Gasteiger partial charge in [-0.25, -0.2) is 0 Å². The minimum atomic E-state index is -1.02. The first-order valence-electron chi connectivity index (χ1n) is 9.08. The molecule has 1 aliphatic rings. The molecule has 0 bridgehead atoms. The van der Waals surface area contributed by atoms with Crippen LogP contribution in [0.3, 0.4) is 0 Å². The Labute approximate surface area is 149 Å². The van der Waals surface area contributed by atoms with E-state index in [1.54, 1.807) is 0 Å². The molecule has 1 aromatic carbocycles. The third-order valence-electron chi connectivity index (χ3n) is 4.80. The Kier molecular flexibility index (Phi) is 7.40. The lowest BCUT2D eigenvalue weighted by molar-refractivity contribution is -0.138. The van der Waals surface area contributed by atoms with Gasteiger partial charge in [0.15, 0.2) is 5.78 Å². The third-order valence-corrected chi connectivity index (χ3v) is 4.80. The Balaban J connectivity index is 1.78. The fraction of sp³-hybridized carbons (Fsp3) is 0.579. The summed E-state index contributed by atoms with van der Waals surface area (Å²) in [6.07, 6.45) is 5.42. The molecule has 0 amide bonds. The van der Waals surface area contributed by atoms with E-state index >= 15 is 0 Å². The van der Waals surface area contributed by atoms with Gasteiger partial charge in [-0.05, 0) is 56.2 Å². The minimum Gasteiger partial charge on any atom is -0.480 e. The van der Waals surface area contributed by atoms with Crippen molar-refractivity contribution in [2.45, 2.75) is 57.0 Å². The highest BCUT2D eigenvalue weighted by atomic mass is 16.4. The van der Waals surface area contributed by atoms with E-state index in [9.17, 15) is 9.59 Å². The van der Waals surface area contributed by atoms with Crippen LogP contribution in [0.1, 0.15) is 44.1 Å². The summed E-state index contributed by atoms with van der Waals surface area (Å²) >= 11 is 0. The number of carbonyl (C=O) groups is 2. The lowest BCUT2D eigenvalue weighted by Crippen LogP contribution is -2.34. The first kappa shape index (κ1) is 19.4. The van der Waals surface area contributed by atoms with Crippen LogP contribution in [-0.4, -0.2) is 42.0 Å². The van der Waals surface area contributed by atoms with Gasteiger partial charge in [-0.3, -0.25) is 9.59 Å². The number of carboxylic acid groups (broad SMARTS) is 1. The molecule has 0 aromatic heterocycles. The van der Waals surface area contributed by atoms with E-state index in [1.807, 2.05) is 12.1 Å². The number of anilines is 1. The number of hydrogen-bond acceptors (Lipinski definition) is 5. The molecule has 6 heteroatoms. The smallest absolute Gasteiger partial charge is 0.320 e. The van der Waals surface area contributed by atoms with Crippen molar-refractivity contribution in [3.8, 4) is 0 Å². The zero-order valence-corrected chi connectivity index (χ0v) is 14.7. The summed E-state index contributed by atoms with van der Waals surface area (Å²) in [5.74, 6) is -1.04. The van der Waals surface area contributed by atoms with Gasteiger partial charge in [-0.2, -0.15) is 0 Å². The normalized spacial score (nSPS) is 17.1. The van der Waals surface area contributed by atoms with E-state index in [-0.39, 0.29) is 5.78 Å². The molecule has 25 heavy (non-hydrogen) atoms. The number of rotatable bonds is 9. The summed E-state index contributed by atoms with van der Waals surface area (Å²) < 4.78 is 0. The van der Waals surface area contributed by atoms with Gasteiger partial charge in [0, 0.05) is 25.2 Å². The number of carboxylic acids is 1. The van der Waals surface area contributed by atoms with Crippen LogP contribution >= 0.6 is 0 Å². The zero-order chi connectivity index (χ0) is 18.2. The summed E-state index contributed by atoms with van der Waals surface area (Å²) in [4.78, 5) is 25.3. The van der Waals surface area contributed by atoms with Crippen LogP contribution in [0.15, 0.2) is 24.3 Å². The second-order valence-electron chi connectivity index (χ2n) is 6.84. The Bertz CT molecular complexity index is 568. The minimum absolute atomic E-state index is 0.0189. The number of carbonyl (C=O) groups excluding carboxylic acids is 1. The molecule has 1 heterocycles. The highest BCUT2D eigenvalue weighted by Gasteiger charge is 2.17. The van der Waals surface area contributed by atoms with E-state index in [4.69, 9.17) is 16.6 Å². The van der Waals surface area contributed by atoms with E-state index in [0.717, 1.165) is 18.7 Å². The molecule has 2 atom stereocenters. The largest absolute Gasteiger partial charge is 0.480 e. The van der Waals surface area contributed by atoms with Crippen molar-refractivity contribution in [1.82, 2.24) is 0 Å². The molecular formula is C19H29N3O3. The Morgan fingerprint density at radius 1 is 1.00 bits per heavy atom. The highest BCUT2D eigenvalue weighted by Crippen LogP contribution is 2.20. The predicted molar refractivity (Wildman–Crippen MR) is 98.7 cm³/mol. The van der Waals surface area contributed by atoms with Gasteiger partial charge >= 0.3 is 5.97 Å². The molecule has 1 fully saturated rings. The average molecular weight is 347 g/mol. The Morgan fingerprint density at radius 2 is 1.60 bits per heavy atom. The van der Waals surface area contributed by atoms with Crippen molar-refractivity contribution in [1.29, 1.82) is 0 Å². The molecule has 138 valence electrons. The maximum atomic E-state index is 12.2. The average Bonchev–Trinajstić information content (AvgIpc) is 2.62. The Morgan fingerprint density at radius 3 is 2.20 bits per heavy atom. The molecule has 0 radical (unpaired) electrons. The monoisotopic (exact) mass is 347 g/mol. The first-order valence-corrected chi connectivity index (χ1v) is 9.08. The number of benzene rings is 1. The van der Waals surface area contributed by atoms with Crippen molar-refractivity contribution < 1.29 is 14.7 Å². The molecular weight excluding hydrogens is 318 g/mol. The van der Waals surface area contributed by atoms with Crippen LogP contribution in [-0.2, 0) is 16.0 Å². The Hall–Kier alpha value is -1.92. The standard InChI is InChI=1S/C19H29N3O3/c20-16(5-4-6-17(21)19(24)25)18(23)13-14-7-9-15(10-8-14)22-11-2-1-3-12-22/h7-10,16-17H,1-6,11-13,20-21H2,(H,24,25)/t16?,17-/m0/s1. The molecule has 0 aliphatic carbocycles. The van der Waals surface area contributed by atoms with Crippen LogP contribution in [0.25, 0.3) is 0 Å². The van der Waals surface area contributed by atoms with Crippen molar-refractivity contribution in [3.63, 3.8) is 0 Å². The maximum absolute atomic E-state index is 12.2. The van der Waals surface area contributed by atoms with E-state index in [1.165, 1.54) is 24.9 Å². The number of nitrogens with two attached hydrogens (primary N) is 2. The van der Waals surface area contributed by atoms with Crippen LogP contribution in [0.2, 0.25) is 0 Å². The van der Waals surface area contributed by atoms with Crippen LogP contribution < -0.4 is 16.4 Å². The lowest BCUT2D eigenvalue weighted by Gasteiger charge is -2.28. The van der Waals surface area contributed by atoms with Crippen LogP contribution in [0, 0.1) is 0 Å². The molecule has 2 rings (SSSR count). The number of aliphatic carboxylic acids is 1. The van der Waals surface area contributed by atoms with E-state index in [2.05, 4.69) is 17.0 Å². The summed E-state index contributed by atoms with van der Waals surface area (Å²) in [5.41, 5.74) is 13.5. The van der Waals surface area contributed by atoms with Crippen molar-refractivity contribution >= 4 is 17.4 Å². The van der Waals surface area contributed by atoms with Gasteiger partial charge in [-0.15, -0.1) is 0 Å². The summed E-state index contributed by atoms with van der Waals surface area (Å²) in [5, 5.41) is 8.74. The fourth-order valence-corrected chi connectivity index (χ4v) is 3.15. The number of piperidine rings is 1. The van der Waals surface area contributed by atoms with Gasteiger partial charge in [0.2, 0.25) is 0 Å². The van der Waals surface area contributed by atoms with Gasteiger partial charge in [0.1, 0.15) is 6.04 Å². The number of nitrogens with zero attached hydrogens (tertiary/aromatic N) is 1. The predicted octanol–water partition coefficient (Wildman–Crippen LogP) is 1.70. The van der Waals surface area contributed by atoms with Crippen molar-refractivity contribution in [2.24, 2.45) is 11.5 Å². The molecule has 0 saturated carbocycles. The zero-order valence-electron chi connectivity index (χ0n) is 14.7. The number of hydrogen-bond donors (Lipinski definition) is 3. The van der Waals surface area contributed by atoms with E-state index < -0.39 is 18.1 Å². The molecule has 6 nitrogen and oxygen atoms in total. The van der Waals surface area contributed by atoms with Crippen LogP contribution in [0.4, 0.5) is 5.69 Å². The van der Waals surface area contributed by atoms with Crippen molar-refractivity contribution in [3.05, 3.63) is 29.8 Å². The van der Waals surface area contributed by atoms with E-state index in [0.29, 0.717) is 25.7 Å². The summed E-state index contributed by atoms with van der Waals surface area (Å²) in [6.45, 7) is 2.20. The summed E-state index contributed by atoms with van der Waals surface area (Å²) in [6, 6.07) is 6.69. The lowest BCUT2D eigenvalue weighted by atomic mass is 9.98. The third kappa shape index (κ3) is 6.14. The van der Waals surface area contributed by atoms with Gasteiger partial charge in [0.05, 0.1) is 6.04 Å². The molecule has 1 aromatic rings. The SMILES string of the molecule is NC(CCC[C@H](N)C(=O)O)C(=O)Cc1ccc(N2CCCCC2)cc1. The van der Waals surface area contributed by atoms with Gasteiger partial charge in [-0.1, -0.05) is 12.1 Å². The molecule has 0 spiro atoms. The molecule has 1 aliphatic heterocycles. The fourth-order valence-electron chi connectivity index (χ4n) is 3.15. The molecule has 1 unspecified atom stereocenters. The molecule has 1 saturated heterocycles. The van der Waals surface area contributed by atoms with Crippen molar-refractivity contribution in [2.75, 3.05) is 18.0 Å². The molecule has 5 N–H and O–H groups in total. The summed E-state index contributed by atoms with van der Waals surface area (Å²) in [7, 11) is 0. The van der Waals surface area contributed by atoms with Gasteiger partial charge < -0.3 is 21.5 Å². The topological polar surface area (TPSA) is 110 Å². The maximum Gasteiger partial charge on any atom is 0.320 e. The number of Topliss-reactive ketones (excluding diaryl/α,β-unsaturated/α-hetero) is 1. The van der Waals surface area contributed by atoms with Gasteiger partial charge in [0.25, 0.3) is 0 Å². The van der Waals surface area contributed by atoms with Crippen LogP contribution in [0.5, 0.6) is 0 Å². The first-order chi connectivity index (χ1) is 12.0. The second-order valence-corrected chi connectivity index (χ2v) is 6.84. The second kappa shape index (κ2) is 9.53. The highest BCUT2D eigenvalue weighted by molar-refractivity contribution is 5.85. The quantitative estimate of drug-likeness (QED) is 0.627.